The molecule has 0 bridgehead atoms. The summed E-state index contributed by atoms with van der Waals surface area (Å²) < 4.78 is 16.9. The summed E-state index contributed by atoms with van der Waals surface area (Å²) in [6.07, 6.45) is 6.22. The predicted molar refractivity (Wildman–Crippen MR) is 84.2 cm³/mol. The van der Waals surface area contributed by atoms with E-state index in [1.165, 1.54) is 11.1 Å². The van der Waals surface area contributed by atoms with E-state index in [2.05, 4.69) is 30.8 Å². The van der Waals surface area contributed by atoms with Crippen LogP contribution in [0.4, 0.5) is 0 Å². The first-order valence-corrected chi connectivity index (χ1v) is 7.60. The van der Waals surface area contributed by atoms with Crippen LogP contribution in [0, 0.1) is 0 Å². The lowest BCUT2D eigenvalue weighted by molar-refractivity contribution is -0.0762. The van der Waals surface area contributed by atoms with E-state index in [-0.39, 0.29) is 5.60 Å². The van der Waals surface area contributed by atoms with Gasteiger partial charge in [0.2, 0.25) is 0 Å². The average Bonchev–Trinajstić information content (AvgIpc) is 2.55. The molecule has 0 amide bonds. The molecule has 3 heteroatoms. The molecule has 0 radical (unpaired) electrons. The van der Waals surface area contributed by atoms with Crippen LogP contribution in [0.25, 0.3) is 0 Å². The summed E-state index contributed by atoms with van der Waals surface area (Å²) in [5.74, 6) is 0. The summed E-state index contributed by atoms with van der Waals surface area (Å²) in [5.41, 5.74) is 2.25. The first-order chi connectivity index (χ1) is 10.2. The Hall–Kier alpha value is -1.16. The van der Waals surface area contributed by atoms with Gasteiger partial charge in [0, 0.05) is 14.2 Å². The fraction of sp³-hybridized carbons (Fsp3) is 0.556. The number of hydrogen-bond donors (Lipinski definition) is 0. The molecule has 1 fully saturated rings. The van der Waals surface area contributed by atoms with E-state index < -0.39 is 0 Å². The third kappa shape index (κ3) is 3.94. The van der Waals surface area contributed by atoms with Crippen molar-refractivity contribution in [2.75, 3.05) is 20.8 Å². The van der Waals surface area contributed by atoms with Gasteiger partial charge in [-0.2, -0.15) is 0 Å². The van der Waals surface area contributed by atoms with Crippen molar-refractivity contribution in [3.05, 3.63) is 48.0 Å². The molecule has 21 heavy (non-hydrogen) atoms. The lowest BCUT2D eigenvalue weighted by atomic mass is 9.78. The Balaban J connectivity index is 2.11. The maximum atomic E-state index is 5.93. The molecule has 0 aromatic heterocycles. The number of rotatable bonds is 7. The lowest BCUT2D eigenvalue weighted by Gasteiger charge is -2.39. The number of benzene rings is 1. The van der Waals surface area contributed by atoms with Gasteiger partial charge in [-0.3, -0.25) is 0 Å². The molecule has 0 heterocycles. The molecule has 2 rings (SSSR count). The van der Waals surface area contributed by atoms with E-state index in [1.807, 2.05) is 7.11 Å². The fourth-order valence-electron chi connectivity index (χ4n) is 3.11. The summed E-state index contributed by atoms with van der Waals surface area (Å²) in [6.45, 7) is 4.86. The van der Waals surface area contributed by atoms with Crippen LogP contribution in [0.3, 0.4) is 0 Å². The van der Waals surface area contributed by atoms with Gasteiger partial charge in [0.15, 0.2) is 0 Å². The molecule has 0 saturated heterocycles. The van der Waals surface area contributed by atoms with Gasteiger partial charge < -0.3 is 14.2 Å². The molecule has 0 aliphatic heterocycles. The Morgan fingerprint density at radius 3 is 2.67 bits per heavy atom. The van der Waals surface area contributed by atoms with Crippen molar-refractivity contribution in [3.63, 3.8) is 0 Å². The van der Waals surface area contributed by atoms with Gasteiger partial charge in [0.05, 0.1) is 24.9 Å². The van der Waals surface area contributed by atoms with Gasteiger partial charge in [-0.25, -0.2) is 0 Å². The van der Waals surface area contributed by atoms with Gasteiger partial charge in [0.1, 0.15) is 0 Å². The topological polar surface area (TPSA) is 27.7 Å². The van der Waals surface area contributed by atoms with Crippen molar-refractivity contribution in [1.82, 2.24) is 0 Å². The van der Waals surface area contributed by atoms with Crippen LogP contribution < -0.4 is 0 Å². The van der Waals surface area contributed by atoms with E-state index in [9.17, 15) is 0 Å². The van der Waals surface area contributed by atoms with Crippen molar-refractivity contribution in [2.24, 2.45) is 0 Å². The first kappa shape index (κ1) is 16.2. The highest BCUT2D eigenvalue weighted by Gasteiger charge is 2.37. The van der Waals surface area contributed by atoms with Crippen LogP contribution in [-0.2, 0) is 26.4 Å². The summed E-state index contributed by atoms with van der Waals surface area (Å²) >= 11 is 0. The van der Waals surface area contributed by atoms with E-state index in [0.717, 1.165) is 25.7 Å². The van der Waals surface area contributed by atoms with E-state index in [1.54, 1.807) is 13.2 Å². The molecule has 0 N–H and O–H groups in total. The first-order valence-electron chi connectivity index (χ1n) is 7.60. The maximum Gasteiger partial charge on any atom is 0.0929 e. The zero-order valence-corrected chi connectivity index (χ0v) is 13.1. The molecule has 0 atom stereocenters. The van der Waals surface area contributed by atoms with Crippen LogP contribution >= 0.6 is 0 Å². The molecule has 1 aromatic rings. The number of ether oxygens (including phenoxy) is 3. The monoisotopic (exact) mass is 290 g/mol. The van der Waals surface area contributed by atoms with Gasteiger partial charge in [-0.05, 0) is 36.8 Å². The highest BCUT2D eigenvalue weighted by atomic mass is 16.5. The number of methoxy groups -OCH3 is 2. The summed E-state index contributed by atoms with van der Waals surface area (Å²) in [7, 11) is 3.61. The zero-order chi connectivity index (χ0) is 15.1. The fourth-order valence-corrected chi connectivity index (χ4v) is 3.11. The standard InChI is InChI=1S/C18H26O3/c1-4-12-21-14-15-6-5-7-16(13-15)18(20-3)10-8-17(19-2)9-11-18/h4-7,13,17H,1,8-12,14H2,2-3H3/t17-,18+. The SMILES string of the molecule is C=CCOCc1cccc([C@]2(OC)CC[C@@H](OC)CC2)c1. The molecular weight excluding hydrogens is 264 g/mol. The summed E-state index contributed by atoms with van der Waals surface area (Å²) in [4.78, 5) is 0. The maximum absolute atomic E-state index is 5.93. The molecule has 1 aromatic carbocycles. The molecule has 0 spiro atoms. The van der Waals surface area contributed by atoms with Crippen LogP contribution in [0.15, 0.2) is 36.9 Å². The third-order valence-electron chi connectivity index (χ3n) is 4.42. The molecule has 1 aliphatic rings. The van der Waals surface area contributed by atoms with Crippen molar-refractivity contribution in [2.45, 2.75) is 44.0 Å². The summed E-state index contributed by atoms with van der Waals surface area (Å²) in [5, 5.41) is 0. The van der Waals surface area contributed by atoms with Crippen molar-refractivity contribution < 1.29 is 14.2 Å². The Morgan fingerprint density at radius 2 is 2.05 bits per heavy atom. The van der Waals surface area contributed by atoms with Crippen LogP contribution in [0.5, 0.6) is 0 Å². The minimum Gasteiger partial charge on any atom is -0.381 e. The Bertz CT molecular complexity index is 448. The van der Waals surface area contributed by atoms with Crippen LogP contribution in [-0.4, -0.2) is 26.9 Å². The second kappa shape index (κ2) is 7.74. The van der Waals surface area contributed by atoms with Gasteiger partial charge in [0.25, 0.3) is 0 Å². The number of hydrogen-bond acceptors (Lipinski definition) is 3. The molecule has 3 nitrogen and oxygen atoms in total. The Kier molecular flexibility index (Phi) is 5.97. The smallest absolute Gasteiger partial charge is 0.0929 e. The molecule has 1 aliphatic carbocycles. The highest BCUT2D eigenvalue weighted by Crippen LogP contribution is 2.41. The lowest BCUT2D eigenvalue weighted by Crippen LogP contribution is -2.36. The second-order valence-corrected chi connectivity index (χ2v) is 5.64. The highest BCUT2D eigenvalue weighted by molar-refractivity contribution is 5.29. The quantitative estimate of drug-likeness (QED) is 0.564. The Labute approximate surface area is 127 Å². The van der Waals surface area contributed by atoms with Gasteiger partial charge in [-0.1, -0.05) is 30.3 Å². The van der Waals surface area contributed by atoms with Gasteiger partial charge in [-0.15, -0.1) is 6.58 Å². The van der Waals surface area contributed by atoms with E-state index in [4.69, 9.17) is 14.2 Å². The average molecular weight is 290 g/mol. The molecule has 1 saturated carbocycles. The van der Waals surface area contributed by atoms with Crippen molar-refractivity contribution in [3.8, 4) is 0 Å². The third-order valence-corrected chi connectivity index (χ3v) is 4.42. The molecular formula is C18H26O3. The largest absolute Gasteiger partial charge is 0.381 e. The van der Waals surface area contributed by atoms with Crippen molar-refractivity contribution in [1.29, 1.82) is 0 Å². The molecule has 0 unspecified atom stereocenters. The van der Waals surface area contributed by atoms with E-state index in [0.29, 0.717) is 19.3 Å². The molecule has 116 valence electrons. The predicted octanol–water partition coefficient (Wildman–Crippen LogP) is 3.82. The minimum absolute atomic E-state index is 0.177. The van der Waals surface area contributed by atoms with Gasteiger partial charge >= 0.3 is 0 Å². The summed E-state index contributed by atoms with van der Waals surface area (Å²) in [6, 6.07) is 8.55. The van der Waals surface area contributed by atoms with Crippen LogP contribution in [0.2, 0.25) is 0 Å². The van der Waals surface area contributed by atoms with Crippen molar-refractivity contribution >= 4 is 0 Å². The Morgan fingerprint density at radius 1 is 1.29 bits per heavy atom. The normalized spacial score (nSPS) is 25.7. The minimum atomic E-state index is -0.177. The van der Waals surface area contributed by atoms with Crippen LogP contribution in [0.1, 0.15) is 36.8 Å². The van der Waals surface area contributed by atoms with E-state index >= 15 is 0 Å². The zero-order valence-electron chi connectivity index (χ0n) is 13.1. The second-order valence-electron chi connectivity index (χ2n) is 5.64.